The van der Waals surface area contributed by atoms with E-state index in [9.17, 15) is 34.2 Å². The van der Waals surface area contributed by atoms with Crippen LogP contribution in [0.1, 0.15) is 123 Å². The first kappa shape index (κ1) is 53.4. The number of ketones is 3. The third-order valence-electron chi connectivity index (χ3n) is 16.4. The van der Waals surface area contributed by atoms with Gasteiger partial charge in [0.25, 0.3) is 5.91 Å². The number of piperidine rings is 9. The highest BCUT2D eigenvalue weighted by atomic mass is 16.4. The van der Waals surface area contributed by atoms with Crippen molar-refractivity contribution in [1.82, 2.24) is 0 Å². The van der Waals surface area contributed by atoms with E-state index in [-0.39, 0.29) is 13.0 Å². The van der Waals surface area contributed by atoms with E-state index in [1.807, 2.05) is 91.0 Å². The normalized spacial score (nSPS) is 25.6. The number of fused-ring (bicyclic) bond motifs is 10. The van der Waals surface area contributed by atoms with Gasteiger partial charge in [0.05, 0.1) is 64.9 Å². The van der Waals surface area contributed by atoms with Gasteiger partial charge >= 0.3 is 0 Å². The first-order chi connectivity index (χ1) is 34.4. The smallest absolute Gasteiger partial charge is 0.277 e. The highest BCUT2D eigenvalue weighted by molar-refractivity contribution is 6.16. The molecular formula is C61H73N4O7+. The molecule has 1 amide bonds. The van der Waals surface area contributed by atoms with Crippen LogP contribution in [0.3, 0.4) is 0 Å². The number of carbonyl (C=O) groups is 5. The Labute approximate surface area is 426 Å². The molecule has 5 aromatic carbocycles. The minimum atomic E-state index is -1.13. The van der Waals surface area contributed by atoms with Crippen molar-refractivity contribution in [2.75, 3.05) is 78.5 Å². The van der Waals surface area contributed by atoms with Crippen molar-refractivity contribution in [3.63, 3.8) is 0 Å². The number of rotatable bonds is 10. The third kappa shape index (κ3) is 14.0. The maximum atomic E-state index is 12.3. The van der Waals surface area contributed by atoms with Gasteiger partial charge in [0.1, 0.15) is 19.6 Å². The zero-order chi connectivity index (χ0) is 49.7. The fraction of sp³-hybridized carbons (Fsp3) is 0.410. The van der Waals surface area contributed by atoms with Gasteiger partial charge < -0.3 is 28.5 Å². The Balaban J connectivity index is 0.000000134. The number of Topliss-reactive ketones (excluding diaryl/α,β-unsaturated/α-hetero) is 3. The Morgan fingerprint density at radius 1 is 0.403 bits per heavy atom. The van der Waals surface area contributed by atoms with Gasteiger partial charge in [0, 0.05) is 22.3 Å². The first-order valence-corrected chi connectivity index (χ1v) is 25.9. The second kappa shape index (κ2) is 24.8. The summed E-state index contributed by atoms with van der Waals surface area (Å²) in [7, 11) is 0. The molecule has 10 heterocycles. The van der Waals surface area contributed by atoms with Crippen LogP contribution >= 0.6 is 0 Å². The summed E-state index contributed by atoms with van der Waals surface area (Å²) in [6, 6.07) is 44.0. The van der Waals surface area contributed by atoms with Gasteiger partial charge in [-0.2, -0.15) is 0 Å². The number of aromatic carboxylic acids is 1. The lowest BCUT2D eigenvalue weighted by atomic mass is 9.85. The van der Waals surface area contributed by atoms with Gasteiger partial charge in [-0.3, -0.25) is 19.2 Å². The fourth-order valence-corrected chi connectivity index (χ4v) is 11.8. The average molecular weight is 974 g/mol. The number of hydrogen-bond donors (Lipinski definition) is 0. The molecule has 0 N–H and O–H groups in total. The summed E-state index contributed by atoms with van der Waals surface area (Å²) in [6.45, 7) is 13.2. The largest absolute Gasteiger partial charge is 0.858 e. The van der Waals surface area contributed by atoms with Crippen LogP contribution in [0.15, 0.2) is 151 Å². The molecule has 0 radical (unpaired) electrons. The van der Waals surface area contributed by atoms with Crippen molar-refractivity contribution in [3.8, 4) is 0 Å². The van der Waals surface area contributed by atoms with E-state index in [1.54, 1.807) is 42.5 Å². The molecule has 10 aliphatic rings. The van der Waals surface area contributed by atoms with Crippen LogP contribution < -0.4 is 10.2 Å². The van der Waals surface area contributed by atoms with Crippen molar-refractivity contribution >= 4 is 35.1 Å². The molecule has 15 rings (SSSR count). The summed E-state index contributed by atoms with van der Waals surface area (Å²) in [5, 5.41) is 21.0. The zero-order valence-electron chi connectivity index (χ0n) is 41.1. The Morgan fingerprint density at radius 3 is 0.903 bits per heavy atom. The summed E-state index contributed by atoms with van der Waals surface area (Å²) in [4.78, 5) is 61.1. The molecule has 0 unspecified atom stereocenters. The van der Waals surface area contributed by atoms with Gasteiger partial charge in [0.15, 0.2) is 0 Å². The number of benzene rings is 5. The Morgan fingerprint density at radius 2 is 0.653 bits per heavy atom. The standard InChI is InChI=1S/3C15H20NO.C8H5NO2.C7H6O2.CH4/c3*17-15(14-4-2-1-3-5-14)12-16-9-6-13(7-10-16)8-11-16;10-7-5-3-1-2-4-6(5)8(11)9-7;8-7(9)6-4-2-1-3-5-6;/h3*1-5,13H,6-12H2;1-4H,(H,9,10,11);1-5H,(H,8,9);1H4/q3*+1;;;/p-2. The maximum Gasteiger partial charge on any atom is 0.277 e. The highest BCUT2D eigenvalue weighted by Gasteiger charge is 2.43. The zero-order valence-corrected chi connectivity index (χ0v) is 41.1. The molecule has 9 fully saturated rings. The topological polar surface area (TPSA) is 144 Å². The molecular weight excluding hydrogens is 901 g/mol. The summed E-state index contributed by atoms with van der Waals surface area (Å²) in [6.07, 6.45) is 12.0. The van der Waals surface area contributed by atoms with Crippen molar-refractivity contribution < 1.29 is 47.6 Å². The van der Waals surface area contributed by atoms with E-state index in [4.69, 9.17) is 0 Å². The van der Waals surface area contributed by atoms with Crippen LogP contribution in [0.25, 0.3) is 0 Å². The predicted molar refractivity (Wildman–Crippen MR) is 278 cm³/mol. The molecule has 0 aromatic heterocycles. The Hall–Kier alpha value is -6.40. The molecule has 0 saturated carbocycles. The molecule has 11 nitrogen and oxygen atoms in total. The quantitative estimate of drug-likeness (QED) is 0.102. The predicted octanol–water partition coefficient (Wildman–Crippen LogP) is 8.13. The minimum absolute atomic E-state index is 0. The number of carboxylic acids is 1. The van der Waals surface area contributed by atoms with Gasteiger partial charge in [-0.1, -0.05) is 147 Å². The molecule has 9 saturated heterocycles. The molecule has 10 aliphatic heterocycles. The monoisotopic (exact) mass is 974 g/mol. The molecule has 0 aliphatic carbocycles. The van der Waals surface area contributed by atoms with Crippen LogP contribution in [0.2, 0.25) is 0 Å². The van der Waals surface area contributed by atoms with Gasteiger partial charge in [-0.25, -0.2) is 4.99 Å². The number of carbonyl (C=O) groups excluding carboxylic acids is 5. The fourth-order valence-electron chi connectivity index (χ4n) is 11.8. The Kier molecular flexibility index (Phi) is 18.4. The number of amides is 1. The average Bonchev–Trinajstić information content (AvgIpc) is 3.73. The lowest BCUT2D eigenvalue weighted by molar-refractivity contribution is -0.935. The summed E-state index contributed by atoms with van der Waals surface area (Å²) < 4.78 is 3.18. The van der Waals surface area contributed by atoms with E-state index >= 15 is 0 Å². The number of aliphatic imine (C=N–C) groups is 1. The van der Waals surface area contributed by atoms with Crippen LogP contribution in [-0.4, -0.2) is 127 Å². The molecule has 72 heavy (non-hydrogen) atoms. The number of nitrogens with zero attached hydrogens (tertiary/aromatic N) is 4. The van der Waals surface area contributed by atoms with Gasteiger partial charge in [-0.15, -0.1) is 0 Å². The van der Waals surface area contributed by atoms with Gasteiger partial charge in [-0.05, 0) is 98.6 Å². The maximum absolute atomic E-state index is 12.3. The van der Waals surface area contributed by atoms with E-state index < -0.39 is 17.8 Å². The van der Waals surface area contributed by atoms with E-state index in [0.717, 1.165) is 67.5 Å². The van der Waals surface area contributed by atoms with E-state index in [1.165, 1.54) is 129 Å². The molecule has 5 aromatic rings. The minimum Gasteiger partial charge on any atom is -0.858 e. The molecule has 0 atom stereocenters. The summed E-state index contributed by atoms with van der Waals surface area (Å²) >= 11 is 0. The van der Waals surface area contributed by atoms with E-state index in [0.29, 0.717) is 28.5 Å². The molecule has 6 bridgehead atoms. The lowest BCUT2D eigenvalue weighted by Crippen LogP contribution is -2.60. The van der Waals surface area contributed by atoms with Crippen molar-refractivity contribution in [2.24, 2.45) is 22.7 Å². The Bertz CT molecular complexity index is 2380. The van der Waals surface area contributed by atoms with Crippen LogP contribution in [0, 0.1) is 17.8 Å². The molecule has 0 spiro atoms. The van der Waals surface area contributed by atoms with Crippen LogP contribution in [0.4, 0.5) is 0 Å². The second-order valence-electron chi connectivity index (χ2n) is 21.0. The lowest BCUT2D eigenvalue weighted by Gasteiger charge is -2.48. The number of hydrogen-bond acceptors (Lipinski definition) is 7. The summed E-state index contributed by atoms with van der Waals surface area (Å²) in [5.41, 5.74) is 3.69. The van der Waals surface area contributed by atoms with E-state index in [2.05, 4.69) is 4.99 Å². The molecule has 378 valence electrons. The second-order valence-corrected chi connectivity index (χ2v) is 21.0. The molecule has 11 heteroatoms. The third-order valence-corrected chi connectivity index (χ3v) is 16.4. The van der Waals surface area contributed by atoms with Crippen molar-refractivity contribution in [2.45, 2.75) is 65.2 Å². The summed E-state index contributed by atoms with van der Waals surface area (Å²) in [5.74, 6) is 1.88. The first-order valence-electron chi connectivity index (χ1n) is 25.9. The highest BCUT2D eigenvalue weighted by Crippen LogP contribution is 2.36. The van der Waals surface area contributed by atoms with Crippen molar-refractivity contribution in [1.29, 1.82) is 0 Å². The van der Waals surface area contributed by atoms with Crippen LogP contribution in [0.5, 0.6) is 0 Å². The van der Waals surface area contributed by atoms with Crippen LogP contribution in [-0.2, 0) is 0 Å². The van der Waals surface area contributed by atoms with Gasteiger partial charge in [0.2, 0.25) is 17.3 Å². The SMILES string of the molecule is C.O=C(C[N+]12CCC(CC1)CC2)c1ccccc1.O=C(C[N+]12CCC(CC1)CC2)c1ccccc1.O=C(C[N+]12CCC(CC1)CC2)c1ccccc1.O=C([O-])c1ccccc1.O=C1N=C([O-])c2ccccc21. The number of quaternary nitrogens is 3. The number of carboxylic acid groups (broad SMARTS) is 1. The van der Waals surface area contributed by atoms with Crippen molar-refractivity contribution in [3.05, 3.63) is 179 Å².